The molecule has 6 nitrogen and oxygen atoms in total. The Hall–Kier alpha value is -1.47. The van der Waals surface area contributed by atoms with E-state index in [1.54, 1.807) is 11.3 Å². The van der Waals surface area contributed by atoms with E-state index in [-0.39, 0.29) is 30.3 Å². The van der Waals surface area contributed by atoms with E-state index in [2.05, 4.69) is 41.3 Å². The summed E-state index contributed by atoms with van der Waals surface area (Å²) >= 11 is 1.64. The molecule has 2 heterocycles. The fourth-order valence-corrected chi connectivity index (χ4v) is 3.74. The molecule has 1 aromatic rings. The van der Waals surface area contributed by atoms with Crippen LogP contribution in [0.15, 0.2) is 0 Å². The predicted molar refractivity (Wildman–Crippen MR) is 91.3 cm³/mol. The van der Waals surface area contributed by atoms with Crippen molar-refractivity contribution in [2.24, 2.45) is 0 Å². The number of carbonyl (C=O) groups is 2. The number of thiazole rings is 1. The highest BCUT2D eigenvalue weighted by Crippen LogP contribution is 2.18. The first kappa shape index (κ1) is 17.9. The number of piperazine rings is 1. The second-order valence-electron chi connectivity index (χ2n) is 6.09. The van der Waals surface area contributed by atoms with Crippen LogP contribution >= 0.6 is 11.3 Å². The van der Waals surface area contributed by atoms with Crippen LogP contribution in [0.5, 0.6) is 0 Å². The molecule has 0 unspecified atom stereocenters. The monoisotopic (exact) mass is 338 g/mol. The third-order valence-electron chi connectivity index (χ3n) is 4.10. The molecule has 23 heavy (non-hydrogen) atoms. The third kappa shape index (κ3) is 4.51. The molecule has 1 fully saturated rings. The first-order valence-electron chi connectivity index (χ1n) is 8.17. The van der Waals surface area contributed by atoms with E-state index in [1.165, 1.54) is 0 Å². The molecule has 2 rings (SSSR count). The van der Waals surface area contributed by atoms with Crippen LogP contribution in [0.2, 0.25) is 0 Å². The second kappa shape index (κ2) is 7.88. The van der Waals surface area contributed by atoms with Gasteiger partial charge in [-0.1, -0.05) is 6.92 Å². The smallest absolute Gasteiger partial charge is 0.237 e. The lowest BCUT2D eigenvalue weighted by molar-refractivity contribution is -0.134. The summed E-state index contributed by atoms with van der Waals surface area (Å²) in [5.41, 5.74) is 0.978. The molecule has 2 amide bonds. The summed E-state index contributed by atoms with van der Waals surface area (Å²) in [5.74, 6) is -0.147. The summed E-state index contributed by atoms with van der Waals surface area (Å²) in [6.07, 6.45) is 1.10. The zero-order chi connectivity index (χ0) is 17.0. The fourth-order valence-electron chi connectivity index (χ4n) is 2.79. The topological polar surface area (TPSA) is 74.3 Å². The number of carbonyl (C=O) groups excluding carboxylic acids is 2. The summed E-state index contributed by atoms with van der Waals surface area (Å²) in [7, 11) is 0. The number of aryl methyl sites for hydroxylation is 2. The van der Waals surface area contributed by atoms with E-state index >= 15 is 0 Å². The van der Waals surface area contributed by atoms with Gasteiger partial charge in [0, 0.05) is 24.0 Å². The lowest BCUT2D eigenvalue weighted by Crippen LogP contribution is -2.58. The van der Waals surface area contributed by atoms with Crippen molar-refractivity contribution in [2.45, 2.75) is 59.2 Å². The van der Waals surface area contributed by atoms with Crippen molar-refractivity contribution < 1.29 is 9.59 Å². The van der Waals surface area contributed by atoms with Crippen molar-refractivity contribution in [3.8, 4) is 0 Å². The van der Waals surface area contributed by atoms with Crippen LogP contribution in [0.3, 0.4) is 0 Å². The number of hydrogen-bond acceptors (Lipinski definition) is 5. The van der Waals surface area contributed by atoms with Crippen LogP contribution < -0.4 is 10.6 Å². The Bertz CT molecular complexity index is 570. The van der Waals surface area contributed by atoms with Gasteiger partial charge in [-0.05, 0) is 27.2 Å². The molecular formula is C16H26N4O2S. The number of amides is 2. The molecule has 7 heteroatoms. The van der Waals surface area contributed by atoms with Crippen molar-refractivity contribution >= 4 is 23.2 Å². The first-order chi connectivity index (χ1) is 10.9. The van der Waals surface area contributed by atoms with E-state index in [4.69, 9.17) is 0 Å². The van der Waals surface area contributed by atoms with E-state index in [9.17, 15) is 9.59 Å². The molecule has 2 N–H and O–H groups in total. The molecule has 0 aliphatic carbocycles. The molecule has 0 bridgehead atoms. The van der Waals surface area contributed by atoms with Gasteiger partial charge >= 0.3 is 0 Å². The van der Waals surface area contributed by atoms with Gasteiger partial charge < -0.3 is 10.6 Å². The molecule has 1 atom stereocenters. The first-order valence-corrected chi connectivity index (χ1v) is 8.99. The van der Waals surface area contributed by atoms with Gasteiger partial charge in [0.1, 0.15) is 0 Å². The Morgan fingerprint density at radius 3 is 2.87 bits per heavy atom. The molecule has 1 saturated heterocycles. The maximum Gasteiger partial charge on any atom is 0.237 e. The summed E-state index contributed by atoms with van der Waals surface area (Å²) in [6.45, 7) is 10.1. The van der Waals surface area contributed by atoms with Gasteiger partial charge in [-0.2, -0.15) is 0 Å². The molecule has 0 spiro atoms. The van der Waals surface area contributed by atoms with Crippen LogP contribution in [0.4, 0.5) is 0 Å². The Kier molecular flexibility index (Phi) is 6.12. The molecular weight excluding hydrogens is 312 g/mol. The van der Waals surface area contributed by atoms with Gasteiger partial charge in [-0.15, -0.1) is 11.3 Å². The lowest BCUT2D eigenvalue weighted by Gasteiger charge is -2.37. The Morgan fingerprint density at radius 2 is 2.26 bits per heavy atom. The Balaban J connectivity index is 1.92. The molecule has 0 radical (unpaired) electrons. The van der Waals surface area contributed by atoms with Crippen LogP contribution in [0, 0.1) is 6.92 Å². The fraction of sp³-hybridized carbons (Fsp3) is 0.688. The minimum atomic E-state index is -0.377. The normalized spacial score (nSPS) is 19.0. The molecule has 0 saturated carbocycles. The minimum Gasteiger partial charge on any atom is -0.353 e. The lowest BCUT2D eigenvalue weighted by atomic mass is 10.1. The number of hydrogen-bond donors (Lipinski definition) is 2. The molecule has 1 aromatic heterocycles. The maximum absolute atomic E-state index is 12.3. The van der Waals surface area contributed by atoms with Crippen LogP contribution in [-0.2, 0) is 22.6 Å². The molecule has 1 aliphatic heterocycles. The summed E-state index contributed by atoms with van der Waals surface area (Å²) in [6, 6.07) is -0.132. The van der Waals surface area contributed by atoms with Crippen molar-refractivity contribution in [1.29, 1.82) is 0 Å². The highest BCUT2D eigenvalue weighted by Gasteiger charge is 2.32. The highest BCUT2D eigenvalue weighted by atomic mass is 32.1. The zero-order valence-corrected chi connectivity index (χ0v) is 15.1. The van der Waals surface area contributed by atoms with Gasteiger partial charge in [0.15, 0.2) is 0 Å². The van der Waals surface area contributed by atoms with Gasteiger partial charge in [0.2, 0.25) is 11.8 Å². The Labute approximate surface area is 141 Å². The van der Waals surface area contributed by atoms with E-state index in [1.807, 2.05) is 6.92 Å². The van der Waals surface area contributed by atoms with Crippen molar-refractivity contribution in [1.82, 2.24) is 20.5 Å². The van der Waals surface area contributed by atoms with Gasteiger partial charge in [-0.25, -0.2) is 4.98 Å². The molecule has 0 aromatic carbocycles. The third-order valence-corrected chi connectivity index (χ3v) is 5.40. The standard InChI is InChI=1S/C16H26N4O2S/c1-5-15-19-11(4)13(23-15)9-18-14(21)8-12-16(22)17-6-7-20(12)10(2)3/h10,12H,5-9H2,1-4H3,(H,17,22)(H,18,21)/t12-/m1/s1. The van der Waals surface area contributed by atoms with E-state index in [0.29, 0.717) is 13.1 Å². The quantitative estimate of drug-likeness (QED) is 0.818. The second-order valence-corrected chi connectivity index (χ2v) is 7.26. The van der Waals surface area contributed by atoms with Crippen molar-refractivity contribution in [2.75, 3.05) is 13.1 Å². The van der Waals surface area contributed by atoms with Crippen LogP contribution in [0.1, 0.15) is 42.8 Å². The predicted octanol–water partition coefficient (Wildman–Crippen LogP) is 1.23. The Morgan fingerprint density at radius 1 is 1.52 bits per heavy atom. The molecule has 128 valence electrons. The summed E-state index contributed by atoms with van der Waals surface area (Å²) in [5, 5.41) is 6.86. The average molecular weight is 338 g/mol. The average Bonchev–Trinajstić information content (AvgIpc) is 2.87. The SMILES string of the molecule is CCc1nc(C)c(CNC(=O)C[C@@H]2C(=O)NCCN2C(C)C)s1. The van der Waals surface area contributed by atoms with Crippen molar-refractivity contribution in [3.63, 3.8) is 0 Å². The van der Waals surface area contributed by atoms with Crippen LogP contribution in [-0.4, -0.2) is 46.9 Å². The van der Waals surface area contributed by atoms with Gasteiger partial charge in [0.25, 0.3) is 0 Å². The van der Waals surface area contributed by atoms with Crippen LogP contribution in [0.25, 0.3) is 0 Å². The number of rotatable bonds is 6. The largest absolute Gasteiger partial charge is 0.353 e. The van der Waals surface area contributed by atoms with E-state index < -0.39 is 0 Å². The molecule has 1 aliphatic rings. The number of aromatic nitrogens is 1. The summed E-state index contributed by atoms with van der Waals surface area (Å²) in [4.78, 5) is 32.0. The van der Waals surface area contributed by atoms with Gasteiger partial charge in [-0.3, -0.25) is 14.5 Å². The minimum absolute atomic E-state index is 0.0534. The van der Waals surface area contributed by atoms with Crippen molar-refractivity contribution in [3.05, 3.63) is 15.6 Å². The van der Waals surface area contributed by atoms with Gasteiger partial charge in [0.05, 0.1) is 29.7 Å². The van der Waals surface area contributed by atoms with E-state index in [0.717, 1.165) is 28.5 Å². The highest BCUT2D eigenvalue weighted by molar-refractivity contribution is 7.11. The summed E-state index contributed by atoms with van der Waals surface area (Å²) < 4.78 is 0. The zero-order valence-electron chi connectivity index (χ0n) is 14.3. The number of nitrogens with zero attached hydrogens (tertiary/aromatic N) is 2. The number of nitrogens with one attached hydrogen (secondary N) is 2. The maximum atomic E-state index is 12.3.